The van der Waals surface area contributed by atoms with Crippen LogP contribution >= 0.6 is 15.9 Å². The van der Waals surface area contributed by atoms with Gasteiger partial charge in [-0.2, -0.15) is 0 Å². The number of aliphatic hydroxyl groups excluding tert-OH is 1. The Balaban J connectivity index is 2.95. The highest BCUT2D eigenvalue weighted by atomic mass is 79.9. The molecule has 0 aliphatic carbocycles. The Bertz CT molecular complexity index is 314. The molecule has 0 saturated carbocycles. The van der Waals surface area contributed by atoms with Gasteiger partial charge in [0.15, 0.2) is 0 Å². The molecule has 0 aromatic heterocycles. The number of benzene rings is 1. The van der Waals surface area contributed by atoms with E-state index in [1.54, 1.807) is 6.08 Å². The van der Waals surface area contributed by atoms with Crippen molar-refractivity contribution in [3.63, 3.8) is 0 Å². The fraction of sp³-hybridized carbons (Fsp3) is 0.333. The highest BCUT2D eigenvalue weighted by Gasteiger charge is 2.25. The molecule has 0 unspecified atom stereocenters. The summed E-state index contributed by atoms with van der Waals surface area (Å²) in [5.74, 6) is 0. The quantitative estimate of drug-likeness (QED) is 0.816. The van der Waals surface area contributed by atoms with Gasteiger partial charge < -0.3 is 5.11 Å². The van der Waals surface area contributed by atoms with E-state index < -0.39 is 6.10 Å². The maximum atomic E-state index is 10.1. The van der Waals surface area contributed by atoms with E-state index in [-0.39, 0.29) is 5.41 Å². The van der Waals surface area contributed by atoms with Crippen LogP contribution in [0.4, 0.5) is 0 Å². The fourth-order valence-electron chi connectivity index (χ4n) is 1.19. The van der Waals surface area contributed by atoms with Gasteiger partial charge in [-0.15, -0.1) is 6.58 Å². The first-order chi connectivity index (χ1) is 6.47. The van der Waals surface area contributed by atoms with Crippen LogP contribution in [0.25, 0.3) is 0 Å². The summed E-state index contributed by atoms with van der Waals surface area (Å²) >= 11 is 3.36. The smallest absolute Gasteiger partial charge is 0.0875 e. The minimum absolute atomic E-state index is 0.298. The molecule has 0 spiro atoms. The molecule has 0 heterocycles. The molecule has 0 bridgehead atoms. The van der Waals surface area contributed by atoms with Crippen LogP contribution in [0.5, 0.6) is 0 Å². The molecule has 1 aromatic carbocycles. The van der Waals surface area contributed by atoms with Crippen LogP contribution in [0.3, 0.4) is 0 Å². The van der Waals surface area contributed by atoms with Gasteiger partial charge in [0.2, 0.25) is 0 Å². The van der Waals surface area contributed by atoms with Gasteiger partial charge in [0.25, 0.3) is 0 Å². The lowest BCUT2D eigenvalue weighted by atomic mass is 9.83. The van der Waals surface area contributed by atoms with Crippen molar-refractivity contribution >= 4 is 15.9 Å². The van der Waals surface area contributed by atoms with Gasteiger partial charge in [0.05, 0.1) is 6.10 Å². The maximum Gasteiger partial charge on any atom is 0.0875 e. The lowest BCUT2D eigenvalue weighted by molar-refractivity contribution is 0.0822. The maximum absolute atomic E-state index is 10.1. The van der Waals surface area contributed by atoms with Crippen molar-refractivity contribution in [2.75, 3.05) is 0 Å². The summed E-state index contributed by atoms with van der Waals surface area (Å²) in [4.78, 5) is 0. The molecule has 1 aromatic rings. The van der Waals surface area contributed by atoms with Gasteiger partial charge in [-0.05, 0) is 17.7 Å². The highest BCUT2D eigenvalue weighted by molar-refractivity contribution is 9.10. The summed E-state index contributed by atoms with van der Waals surface area (Å²) in [6.45, 7) is 7.66. The lowest BCUT2D eigenvalue weighted by Crippen LogP contribution is -2.18. The Kier molecular flexibility index (Phi) is 3.51. The van der Waals surface area contributed by atoms with Crippen LogP contribution in [0.2, 0.25) is 0 Å². The van der Waals surface area contributed by atoms with E-state index in [0.29, 0.717) is 0 Å². The molecule has 0 amide bonds. The number of hydrogen-bond acceptors (Lipinski definition) is 1. The summed E-state index contributed by atoms with van der Waals surface area (Å²) in [7, 11) is 0. The van der Waals surface area contributed by atoms with Crippen LogP contribution in [-0.2, 0) is 0 Å². The number of aliphatic hydroxyl groups is 1. The monoisotopic (exact) mass is 254 g/mol. The Morgan fingerprint density at radius 3 is 2.29 bits per heavy atom. The van der Waals surface area contributed by atoms with Gasteiger partial charge >= 0.3 is 0 Å². The van der Waals surface area contributed by atoms with Gasteiger partial charge in [-0.25, -0.2) is 0 Å². The standard InChI is InChI=1S/C12H15BrO/c1-4-12(2,3)11(14)9-5-7-10(13)8-6-9/h4-8,11,14H,1H2,2-3H3/t11-/m1/s1. The van der Waals surface area contributed by atoms with Crippen molar-refractivity contribution in [2.24, 2.45) is 5.41 Å². The van der Waals surface area contributed by atoms with Crippen molar-refractivity contribution in [1.82, 2.24) is 0 Å². The molecule has 1 nitrogen and oxygen atoms in total. The van der Waals surface area contributed by atoms with Crippen LogP contribution in [0.15, 0.2) is 41.4 Å². The largest absolute Gasteiger partial charge is 0.388 e. The molecule has 1 N–H and O–H groups in total. The fourth-order valence-corrected chi connectivity index (χ4v) is 1.45. The number of halogens is 1. The first-order valence-electron chi connectivity index (χ1n) is 4.54. The molecule has 1 atom stereocenters. The van der Waals surface area contributed by atoms with E-state index in [1.807, 2.05) is 38.1 Å². The van der Waals surface area contributed by atoms with Crippen LogP contribution in [-0.4, -0.2) is 5.11 Å². The topological polar surface area (TPSA) is 20.2 Å². The molecule has 0 saturated heterocycles. The van der Waals surface area contributed by atoms with Crippen LogP contribution in [0.1, 0.15) is 25.5 Å². The lowest BCUT2D eigenvalue weighted by Gasteiger charge is -2.27. The Morgan fingerprint density at radius 1 is 1.36 bits per heavy atom. The second-order valence-corrected chi connectivity index (χ2v) is 4.90. The predicted octanol–water partition coefficient (Wildman–Crippen LogP) is 3.69. The Hall–Kier alpha value is -0.600. The average molecular weight is 255 g/mol. The molecule has 2 heteroatoms. The molecule has 0 radical (unpaired) electrons. The van der Waals surface area contributed by atoms with Gasteiger partial charge in [0, 0.05) is 9.89 Å². The zero-order chi connectivity index (χ0) is 10.8. The van der Waals surface area contributed by atoms with E-state index in [2.05, 4.69) is 22.5 Å². The van der Waals surface area contributed by atoms with Crippen LogP contribution < -0.4 is 0 Å². The average Bonchev–Trinajstić information content (AvgIpc) is 2.18. The van der Waals surface area contributed by atoms with E-state index in [4.69, 9.17) is 0 Å². The zero-order valence-corrected chi connectivity index (χ0v) is 10.1. The van der Waals surface area contributed by atoms with Crippen molar-refractivity contribution < 1.29 is 5.11 Å². The normalized spacial score (nSPS) is 13.7. The predicted molar refractivity (Wildman–Crippen MR) is 63.1 cm³/mol. The van der Waals surface area contributed by atoms with Gasteiger partial charge in [0.1, 0.15) is 0 Å². The second-order valence-electron chi connectivity index (χ2n) is 3.98. The summed E-state index contributed by atoms with van der Waals surface area (Å²) < 4.78 is 1.02. The first kappa shape index (κ1) is 11.5. The Labute approximate surface area is 93.6 Å². The summed E-state index contributed by atoms with van der Waals surface area (Å²) in [5, 5.41) is 10.1. The third-order valence-corrected chi connectivity index (χ3v) is 2.95. The van der Waals surface area contributed by atoms with Crippen molar-refractivity contribution in [3.05, 3.63) is 47.0 Å². The van der Waals surface area contributed by atoms with E-state index in [0.717, 1.165) is 10.0 Å². The summed E-state index contributed by atoms with van der Waals surface area (Å²) in [6, 6.07) is 7.69. The van der Waals surface area contributed by atoms with Gasteiger partial charge in [-0.1, -0.05) is 48.0 Å². The first-order valence-corrected chi connectivity index (χ1v) is 5.34. The summed E-state index contributed by atoms with van der Waals surface area (Å²) in [5.41, 5.74) is 0.617. The van der Waals surface area contributed by atoms with Crippen molar-refractivity contribution in [3.8, 4) is 0 Å². The third kappa shape index (κ3) is 2.46. The number of rotatable bonds is 3. The minimum atomic E-state index is -0.506. The SMILES string of the molecule is C=CC(C)(C)[C@H](O)c1ccc(Br)cc1. The van der Waals surface area contributed by atoms with E-state index in [1.165, 1.54) is 0 Å². The molecule has 1 rings (SSSR count). The molecule has 76 valence electrons. The molecule has 0 fully saturated rings. The minimum Gasteiger partial charge on any atom is -0.388 e. The molecule has 14 heavy (non-hydrogen) atoms. The van der Waals surface area contributed by atoms with E-state index in [9.17, 15) is 5.11 Å². The molecule has 0 aliphatic heterocycles. The third-order valence-electron chi connectivity index (χ3n) is 2.42. The zero-order valence-electron chi connectivity index (χ0n) is 8.50. The van der Waals surface area contributed by atoms with Crippen molar-refractivity contribution in [2.45, 2.75) is 20.0 Å². The van der Waals surface area contributed by atoms with E-state index >= 15 is 0 Å². The Morgan fingerprint density at radius 2 is 1.86 bits per heavy atom. The second kappa shape index (κ2) is 4.28. The summed E-state index contributed by atoms with van der Waals surface area (Å²) in [6.07, 6.45) is 1.27. The van der Waals surface area contributed by atoms with Crippen LogP contribution in [0, 0.1) is 5.41 Å². The van der Waals surface area contributed by atoms with Gasteiger partial charge in [-0.3, -0.25) is 0 Å². The van der Waals surface area contributed by atoms with Crippen molar-refractivity contribution in [1.29, 1.82) is 0 Å². The molecular weight excluding hydrogens is 240 g/mol. The molecule has 0 aliphatic rings. The molecular formula is C12H15BrO. The highest BCUT2D eigenvalue weighted by Crippen LogP contribution is 2.34. The number of hydrogen-bond donors (Lipinski definition) is 1.